The highest BCUT2D eigenvalue weighted by atomic mass is 16.1. The first-order valence-corrected chi connectivity index (χ1v) is 4.81. The molecule has 0 aromatic heterocycles. The number of hydrogen-bond donors (Lipinski definition) is 1. The van der Waals surface area contributed by atoms with Crippen LogP contribution in [0.25, 0.3) is 0 Å². The third-order valence-electron chi connectivity index (χ3n) is 1.51. The maximum atomic E-state index is 10.4. The number of primary amides is 1. The van der Waals surface area contributed by atoms with E-state index in [1.165, 1.54) is 0 Å². The molecule has 0 bridgehead atoms. The Kier molecular flexibility index (Phi) is 11.3. The number of carbonyl (C=O) groups excluding carboxylic acids is 3. The number of Topliss-reactive ketones (excluding diaryl/α,β-unsaturated/α-hetero) is 2. The summed E-state index contributed by atoms with van der Waals surface area (Å²) in [4.78, 5) is 30.3. The molecule has 0 aliphatic carbocycles. The first-order valence-electron chi connectivity index (χ1n) is 4.81. The first-order chi connectivity index (χ1) is 6.90. The number of hydrogen-bond acceptors (Lipinski definition) is 3. The summed E-state index contributed by atoms with van der Waals surface area (Å²) in [6, 6.07) is 0. The molecule has 4 heteroatoms. The molecule has 0 radical (unpaired) electrons. The van der Waals surface area contributed by atoms with Gasteiger partial charge >= 0.3 is 0 Å². The zero-order valence-electron chi connectivity index (χ0n) is 9.41. The van der Waals surface area contributed by atoms with Gasteiger partial charge in [0, 0.05) is 12.8 Å². The van der Waals surface area contributed by atoms with Crippen molar-refractivity contribution in [2.24, 2.45) is 5.73 Å². The van der Waals surface area contributed by atoms with Crippen LogP contribution in [0.4, 0.5) is 0 Å². The molecule has 0 aromatic rings. The second kappa shape index (κ2) is 10.6. The lowest BCUT2D eigenvalue weighted by molar-refractivity contribution is -0.118. The number of nitrogens with two attached hydrogens (primary N) is 1. The van der Waals surface area contributed by atoms with Crippen molar-refractivity contribution in [2.75, 3.05) is 0 Å². The minimum Gasteiger partial charge on any atom is -0.366 e. The van der Waals surface area contributed by atoms with Gasteiger partial charge in [0.2, 0.25) is 5.91 Å². The SMILES string of the molecule is C=CC(N)=O.CC(=O)CCCCC(C)=O. The molecular weight excluding hydrogens is 194 g/mol. The van der Waals surface area contributed by atoms with Crippen molar-refractivity contribution in [2.45, 2.75) is 39.5 Å². The van der Waals surface area contributed by atoms with E-state index in [4.69, 9.17) is 0 Å². The molecule has 4 nitrogen and oxygen atoms in total. The molecule has 0 saturated heterocycles. The van der Waals surface area contributed by atoms with Gasteiger partial charge in [0.05, 0.1) is 0 Å². The summed E-state index contributed by atoms with van der Waals surface area (Å²) in [5, 5.41) is 0. The third-order valence-corrected chi connectivity index (χ3v) is 1.51. The normalized spacial score (nSPS) is 8.40. The topological polar surface area (TPSA) is 77.2 Å². The molecule has 1 amide bonds. The smallest absolute Gasteiger partial charge is 0.240 e. The van der Waals surface area contributed by atoms with Crippen LogP contribution in [0.5, 0.6) is 0 Å². The molecule has 0 saturated carbocycles. The van der Waals surface area contributed by atoms with E-state index in [-0.39, 0.29) is 11.6 Å². The summed E-state index contributed by atoms with van der Waals surface area (Å²) in [5.74, 6) is -0.0582. The van der Waals surface area contributed by atoms with Gasteiger partial charge in [-0.3, -0.25) is 4.79 Å². The van der Waals surface area contributed by atoms with E-state index >= 15 is 0 Å². The van der Waals surface area contributed by atoms with Gasteiger partial charge in [-0.15, -0.1) is 0 Å². The van der Waals surface area contributed by atoms with Gasteiger partial charge in [0.1, 0.15) is 11.6 Å². The largest absolute Gasteiger partial charge is 0.366 e. The van der Waals surface area contributed by atoms with E-state index in [2.05, 4.69) is 12.3 Å². The second-order valence-corrected chi connectivity index (χ2v) is 3.22. The lowest BCUT2D eigenvalue weighted by Gasteiger charge is -1.93. The van der Waals surface area contributed by atoms with Crippen LogP contribution in [0.15, 0.2) is 12.7 Å². The van der Waals surface area contributed by atoms with Crippen molar-refractivity contribution >= 4 is 17.5 Å². The molecule has 0 heterocycles. The Balaban J connectivity index is 0. The van der Waals surface area contributed by atoms with Crippen molar-refractivity contribution in [1.29, 1.82) is 0 Å². The number of carbonyl (C=O) groups is 3. The maximum Gasteiger partial charge on any atom is 0.240 e. The summed E-state index contributed by atoms with van der Waals surface area (Å²) in [7, 11) is 0. The summed E-state index contributed by atoms with van der Waals surface area (Å²) >= 11 is 0. The monoisotopic (exact) mass is 213 g/mol. The lowest BCUT2D eigenvalue weighted by Crippen LogP contribution is -2.04. The zero-order chi connectivity index (χ0) is 12.3. The van der Waals surface area contributed by atoms with Crippen LogP contribution in [-0.2, 0) is 14.4 Å². The van der Waals surface area contributed by atoms with E-state index in [9.17, 15) is 14.4 Å². The predicted molar refractivity (Wildman–Crippen MR) is 59.2 cm³/mol. The Morgan fingerprint density at radius 1 is 1.07 bits per heavy atom. The Morgan fingerprint density at radius 3 is 1.47 bits per heavy atom. The molecule has 0 atom stereocenters. The van der Waals surface area contributed by atoms with Gasteiger partial charge in [0.25, 0.3) is 0 Å². The molecule has 0 aliphatic heterocycles. The van der Waals surface area contributed by atoms with E-state index in [1.807, 2.05) is 0 Å². The molecule has 0 fully saturated rings. The van der Waals surface area contributed by atoms with E-state index in [0.29, 0.717) is 12.8 Å². The molecular formula is C11H19NO3. The molecule has 0 aliphatic rings. The molecule has 0 spiro atoms. The highest BCUT2D eigenvalue weighted by Crippen LogP contribution is 2.00. The van der Waals surface area contributed by atoms with Crippen molar-refractivity contribution < 1.29 is 14.4 Å². The number of amides is 1. The first kappa shape index (κ1) is 16.0. The molecule has 86 valence electrons. The van der Waals surface area contributed by atoms with Crippen LogP contribution < -0.4 is 5.73 Å². The number of unbranched alkanes of at least 4 members (excludes halogenated alkanes) is 1. The Bertz CT molecular complexity index is 218. The van der Waals surface area contributed by atoms with E-state index in [0.717, 1.165) is 18.9 Å². The summed E-state index contributed by atoms with van der Waals surface area (Å²) in [5.41, 5.74) is 4.53. The number of ketones is 2. The fourth-order valence-electron chi connectivity index (χ4n) is 0.748. The summed E-state index contributed by atoms with van der Waals surface area (Å²) < 4.78 is 0. The van der Waals surface area contributed by atoms with Crippen LogP contribution in [0.2, 0.25) is 0 Å². The van der Waals surface area contributed by atoms with Crippen LogP contribution in [0, 0.1) is 0 Å². The van der Waals surface area contributed by atoms with Gasteiger partial charge in [-0.1, -0.05) is 6.58 Å². The minimum absolute atomic E-state index is 0.212. The van der Waals surface area contributed by atoms with Crippen LogP contribution in [0.1, 0.15) is 39.5 Å². The Morgan fingerprint density at radius 2 is 1.33 bits per heavy atom. The Labute approximate surface area is 90.5 Å². The van der Waals surface area contributed by atoms with Crippen molar-refractivity contribution in [3.8, 4) is 0 Å². The molecule has 15 heavy (non-hydrogen) atoms. The quantitative estimate of drug-likeness (QED) is 0.535. The zero-order valence-corrected chi connectivity index (χ0v) is 9.41. The van der Waals surface area contributed by atoms with Gasteiger partial charge in [-0.25, -0.2) is 0 Å². The van der Waals surface area contributed by atoms with Gasteiger partial charge in [-0.05, 0) is 32.8 Å². The van der Waals surface area contributed by atoms with E-state index < -0.39 is 5.91 Å². The molecule has 0 unspecified atom stereocenters. The highest BCUT2D eigenvalue weighted by Gasteiger charge is 1.95. The fourth-order valence-corrected chi connectivity index (χ4v) is 0.748. The average Bonchev–Trinajstić information content (AvgIpc) is 2.13. The van der Waals surface area contributed by atoms with Crippen LogP contribution in [-0.4, -0.2) is 17.5 Å². The fraction of sp³-hybridized carbons (Fsp3) is 0.545. The minimum atomic E-state index is -0.481. The number of rotatable bonds is 6. The summed E-state index contributed by atoms with van der Waals surface area (Å²) in [6.07, 6.45) is 4.00. The third kappa shape index (κ3) is 24.5. The van der Waals surface area contributed by atoms with Crippen molar-refractivity contribution in [1.82, 2.24) is 0 Å². The van der Waals surface area contributed by atoms with Gasteiger partial charge in [0.15, 0.2) is 0 Å². The van der Waals surface area contributed by atoms with Crippen LogP contribution in [0.3, 0.4) is 0 Å². The van der Waals surface area contributed by atoms with Crippen LogP contribution >= 0.6 is 0 Å². The van der Waals surface area contributed by atoms with Crippen molar-refractivity contribution in [3.63, 3.8) is 0 Å². The molecule has 0 rings (SSSR count). The standard InChI is InChI=1S/C8H14O2.C3H5NO/c1-7(9)5-3-4-6-8(2)10;1-2-3(4)5/h3-6H2,1-2H3;2H,1H2,(H2,4,5). The second-order valence-electron chi connectivity index (χ2n) is 3.22. The predicted octanol–water partition coefficient (Wildman–Crippen LogP) is 1.38. The molecule has 2 N–H and O–H groups in total. The Hall–Kier alpha value is -1.45. The van der Waals surface area contributed by atoms with Gasteiger partial charge in [-0.2, -0.15) is 0 Å². The average molecular weight is 213 g/mol. The summed E-state index contributed by atoms with van der Waals surface area (Å²) in [6.45, 7) is 6.24. The van der Waals surface area contributed by atoms with E-state index in [1.54, 1.807) is 13.8 Å². The highest BCUT2D eigenvalue weighted by molar-refractivity contribution is 5.85. The molecule has 0 aromatic carbocycles. The van der Waals surface area contributed by atoms with Crippen molar-refractivity contribution in [3.05, 3.63) is 12.7 Å². The lowest BCUT2D eigenvalue weighted by atomic mass is 10.1. The maximum absolute atomic E-state index is 10.4. The van der Waals surface area contributed by atoms with Gasteiger partial charge < -0.3 is 15.3 Å².